The van der Waals surface area contributed by atoms with Crippen LogP contribution in [0.4, 0.5) is 16.2 Å². The summed E-state index contributed by atoms with van der Waals surface area (Å²) in [6.45, 7) is 4.00. The van der Waals surface area contributed by atoms with E-state index in [9.17, 15) is 33.6 Å². The third kappa shape index (κ3) is 18.2. The van der Waals surface area contributed by atoms with Gasteiger partial charge in [-0.2, -0.15) is 0 Å². The summed E-state index contributed by atoms with van der Waals surface area (Å²) in [4.78, 5) is 97.4. The van der Waals surface area contributed by atoms with Crippen LogP contribution in [0.3, 0.4) is 0 Å². The Morgan fingerprint density at radius 2 is 1.46 bits per heavy atom. The van der Waals surface area contributed by atoms with Gasteiger partial charge in [0.2, 0.25) is 5.91 Å². The Labute approximate surface area is 378 Å². The molecule has 1 heterocycles. The van der Waals surface area contributed by atoms with Crippen molar-refractivity contribution in [3.05, 3.63) is 132 Å². The number of hydrogen-bond donors (Lipinski definition) is 7. The van der Waals surface area contributed by atoms with Crippen LogP contribution in [0, 0.1) is 12.8 Å². The summed E-state index contributed by atoms with van der Waals surface area (Å²) in [5.41, 5.74) is 9.95. The van der Waals surface area contributed by atoms with Gasteiger partial charge >= 0.3 is 223 Å². The first-order chi connectivity index (χ1) is 30.3. The number of para-hydroxylation sites is 1. The summed E-state index contributed by atoms with van der Waals surface area (Å²) in [5.74, 6) is -3.10. The molecule has 1 unspecified atom stereocenters. The zero-order valence-electron chi connectivity index (χ0n) is 35.7. The molecule has 1 aromatic heterocycles. The number of aromatic nitrogens is 1. The van der Waals surface area contributed by atoms with Gasteiger partial charge in [0.1, 0.15) is 0 Å². The summed E-state index contributed by atoms with van der Waals surface area (Å²) >= 11 is -0.678. The third-order valence-electron chi connectivity index (χ3n) is 9.89. The summed E-state index contributed by atoms with van der Waals surface area (Å²) in [6.07, 6.45) is 7.72. The molecule has 15 nitrogen and oxygen atoms in total. The van der Waals surface area contributed by atoms with Gasteiger partial charge in [0.05, 0.1) is 0 Å². The fourth-order valence-electron chi connectivity index (χ4n) is 6.48. The van der Waals surface area contributed by atoms with E-state index in [0.717, 1.165) is 16.7 Å². The molecule has 7 amide bonds. The molecule has 3 aromatic carbocycles. The van der Waals surface area contributed by atoms with E-state index in [1.807, 2.05) is 49.1 Å². The van der Waals surface area contributed by atoms with Crippen LogP contribution in [-0.4, -0.2) is 73.9 Å². The number of aryl methyl sites for hydroxylation is 1. The second-order valence-corrected chi connectivity index (χ2v) is 17.4. The van der Waals surface area contributed by atoms with E-state index in [2.05, 4.69) is 36.9 Å². The van der Waals surface area contributed by atoms with Crippen LogP contribution in [0.25, 0.3) is 6.08 Å². The molecule has 0 fully saturated rings. The number of nitrogens with zero attached hydrogens (tertiary/aromatic N) is 1. The number of halogens is 1. The normalized spacial score (nSPS) is 12.9. The number of amides is 7. The average molecular weight is 972 g/mol. The van der Waals surface area contributed by atoms with Gasteiger partial charge in [0.25, 0.3) is 0 Å². The standard InChI is InChI=1S/C47H56IN8O7/c1-31(27-41(57)48-3)26-40(46(62)54-39(44(49)60)28-33-13-5-4-6-14-33)55-45(61)38(17-9-10-25-51-42(58)23-20-35-15-11-24-50-30-35)53-43(59)29-34-18-21-36(22-19-34)52-47(63)56-37-16-8-7-12-32(37)2/h4-8,11-16,18-24,30-31,38-40H,9-10,17,25-29H2,1-3H3,(H2,49,60)(H,51,58)(H,53,59)(H,54,62)(H,55,61)(H2,52,56,63)/q-1/b23-20+/t31?,38-,39-,40-/m0/s1. The summed E-state index contributed by atoms with van der Waals surface area (Å²) in [7, 11) is 0. The Balaban J connectivity index is 1.45. The minimum absolute atomic E-state index is 0.0898. The number of primary amides is 1. The fourth-order valence-corrected chi connectivity index (χ4v) is 7.67. The van der Waals surface area contributed by atoms with Crippen LogP contribution in [0.15, 0.2) is 109 Å². The van der Waals surface area contributed by atoms with Gasteiger partial charge < -0.3 is 16.0 Å². The van der Waals surface area contributed by atoms with Crippen molar-refractivity contribution in [3.63, 3.8) is 0 Å². The number of nitrogens with one attached hydrogen (secondary N) is 6. The molecule has 0 aliphatic rings. The maximum absolute atomic E-state index is 14.1. The minimum atomic E-state index is -1.17. The molecule has 0 aliphatic carbocycles. The Morgan fingerprint density at radius 1 is 0.762 bits per heavy atom. The van der Waals surface area contributed by atoms with Crippen molar-refractivity contribution < 1.29 is 54.8 Å². The van der Waals surface area contributed by atoms with Crippen molar-refractivity contribution in [1.29, 1.82) is 0 Å². The van der Waals surface area contributed by atoms with Crippen LogP contribution in [0.1, 0.15) is 61.3 Å². The molecule has 0 saturated heterocycles. The molecular weight excluding hydrogens is 915 g/mol. The second-order valence-electron chi connectivity index (χ2n) is 15.1. The molecule has 4 atom stereocenters. The molecule has 334 valence electrons. The number of pyridine rings is 1. The quantitative estimate of drug-likeness (QED) is 0.0178. The van der Waals surface area contributed by atoms with Crippen LogP contribution in [0.2, 0.25) is 0 Å². The van der Waals surface area contributed by atoms with Crippen molar-refractivity contribution in [2.24, 2.45) is 11.7 Å². The first-order valence-electron chi connectivity index (χ1n) is 20.6. The van der Waals surface area contributed by atoms with Crippen molar-refractivity contribution in [1.82, 2.24) is 26.3 Å². The first kappa shape index (κ1) is 49.2. The van der Waals surface area contributed by atoms with Crippen LogP contribution in [-0.2, 0) is 41.6 Å². The number of rotatable bonds is 24. The van der Waals surface area contributed by atoms with Gasteiger partial charge in [-0.1, -0.05) is 42.5 Å². The molecule has 8 N–H and O–H groups in total. The zero-order chi connectivity index (χ0) is 45.6. The van der Waals surface area contributed by atoms with Crippen molar-refractivity contribution >= 4 is 56.8 Å². The van der Waals surface area contributed by atoms with Gasteiger partial charge in [0.15, 0.2) is 0 Å². The number of nitrogens with two attached hydrogens (primary N) is 1. The molecule has 0 aliphatic heterocycles. The van der Waals surface area contributed by atoms with Gasteiger partial charge in [-0.25, -0.2) is 4.79 Å². The Morgan fingerprint density at radius 3 is 2.14 bits per heavy atom. The topological polar surface area (TPSA) is 231 Å². The SMILES string of the molecule is C[I-]C(=O)CC(C)C[C@H](NC(=O)[C@H](CCCCNC(=O)/C=C/c1cccnc1)NC(=O)Cc1ccc(NC(=O)Nc2ccccc2C)cc1)C(=O)N[C@@H](Cc1ccccc1)C(N)=O. The van der Waals surface area contributed by atoms with Crippen molar-refractivity contribution in [2.75, 3.05) is 22.1 Å². The van der Waals surface area contributed by atoms with E-state index in [-0.39, 0.29) is 47.7 Å². The number of urea groups is 1. The molecule has 4 aromatic rings. The molecule has 16 heteroatoms. The van der Waals surface area contributed by atoms with Crippen LogP contribution < -0.4 is 58.8 Å². The van der Waals surface area contributed by atoms with Crippen molar-refractivity contribution in [2.45, 2.75) is 76.9 Å². The average Bonchev–Trinajstić information content (AvgIpc) is 3.26. The summed E-state index contributed by atoms with van der Waals surface area (Å²) in [6, 6.07) is 23.0. The number of benzene rings is 3. The summed E-state index contributed by atoms with van der Waals surface area (Å²) in [5, 5.41) is 16.7. The Hall–Kier alpha value is -6.43. The molecular formula is C47H56IN8O7-. The number of carbonyl (C=O) groups excluding carboxylic acids is 7. The molecule has 0 bridgehead atoms. The fraction of sp³-hybridized carbons (Fsp3) is 0.319. The molecule has 0 radical (unpaired) electrons. The maximum atomic E-state index is 14.1. The number of unbranched alkanes of at least 4 members (excludes halogenated alkanes) is 1. The molecule has 0 saturated carbocycles. The molecule has 4 rings (SSSR count). The monoisotopic (exact) mass is 971 g/mol. The van der Waals surface area contributed by atoms with Crippen molar-refractivity contribution in [3.8, 4) is 0 Å². The van der Waals surface area contributed by atoms with E-state index in [0.29, 0.717) is 36.3 Å². The Bertz CT molecular complexity index is 2190. The van der Waals surface area contributed by atoms with E-state index < -0.39 is 69.0 Å². The van der Waals surface area contributed by atoms with Crippen LogP contribution in [0.5, 0.6) is 0 Å². The van der Waals surface area contributed by atoms with E-state index in [1.54, 1.807) is 79.1 Å². The number of anilines is 2. The second kappa shape index (κ2) is 26.1. The van der Waals surface area contributed by atoms with Gasteiger partial charge in [0, 0.05) is 29.8 Å². The predicted molar refractivity (Wildman–Crippen MR) is 239 cm³/mol. The van der Waals surface area contributed by atoms with E-state index >= 15 is 0 Å². The third-order valence-corrected chi connectivity index (χ3v) is 11.5. The van der Waals surface area contributed by atoms with Gasteiger partial charge in [-0.3, -0.25) is 9.78 Å². The Kier molecular flexibility index (Phi) is 20.4. The predicted octanol–water partition coefficient (Wildman–Crippen LogP) is 1.42. The van der Waals surface area contributed by atoms with E-state index in [1.165, 1.54) is 6.08 Å². The zero-order valence-corrected chi connectivity index (χ0v) is 37.9. The van der Waals surface area contributed by atoms with Gasteiger partial charge in [-0.15, -0.1) is 0 Å². The van der Waals surface area contributed by atoms with E-state index in [4.69, 9.17) is 5.73 Å². The van der Waals surface area contributed by atoms with Gasteiger partial charge in [-0.05, 0) is 48.4 Å². The van der Waals surface area contributed by atoms with Crippen LogP contribution >= 0.6 is 0 Å². The number of hydrogen-bond acceptors (Lipinski definition) is 8. The number of alkyl halides is 1. The number of carbonyl (C=O) groups is 7. The molecule has 63 heavy (non-hydrogen) atoms. The molecule has 0 spiro atoms. The first-order valence-corrected chi connectivity index (χ1v) is 23.9. The summed E-state index contributed by atoms with van der Waals surface area (Å²) < 4.78 is 0.102.